The first-order valence-electron chi connectivity index (χ1n) is 7.66. The lowest BCUT2D eigenvalue weighted by Crippen LogP contribution is -2.47. The van der Waals surface area contributed by atoms with Crippen LogP contribution in [0.15, 0.2) is 0 Å². The van der Waals surface area contributed by atoms with Crippen molar-refractivity contribution in [3.05, 3.63) is 0 Å². The molecule has 4 nitrogen and oxygen atoms in total. The zero-order valence-corrected chi connectivity index (χ0v) is 13.4. The van der Waals surface area contributed by atoms with Crippen LogP contribution in [0, 0.1) is 23.2 Å². The second-order valence-electron chi connectivity index (χ2n) is 7.48. The van der Waals surface area contributed by atoms with E-state index in [9.17, 15) is 9.59 Å². The maximum Gasteiger partial charge on any atom is 0.326 e. The van der Waals surface area contributed by atoms with Crippen molar-refractivity contribution < 1.29 is 14.7 Å². The van der Waals surface area contributed by atoms with E-state index in [1.54, 1.807) is 0 Å². The van der Waals surface area contributed by atoms with E-state index in [4.69, 9.17) is 5.11 Å². The molecule has 2 N–H and O–H groups in total. The van der Waals surface area contributed by atoms with Crippen LogP contribution in [0.4, 0.5) is 0 Å². The van der Waals surface area contributed by atoms with Crippen LogP contribution in [0.25, 0.3) is 0 Å². The van der Waals surface area contributed by atoms with Crippen LogP contribution in [0.5, 0.6) is 0 Å². The van der Waals surface area contributed by atoms with Crippen LogP contribution >= 0.6 is 0 Å². The minimum absolute atomic E-state index is 0.0193. The van der Waals surface area contributed by atoms with E-state index in [0.717, 1.165) is 25.7 Å². The lowest BCUT2D eigenvalue weighted by molar-refractivity contribution is -0.144. The highest BCUT2D eigenvalue weighted by Gasteiger charge is 2.34. The summed E-state index contributed by atoms with van der Waals surface area (Å²) in [4.78, 5) is 23.3. The molecule has 1 fully saturated rings. The van der Waals surface area contributed by atoms with Gasteiger partial charge in [-0.3, -0.25) is 4.79 Å². The van der Waals surface area contributed by atoms with Gasteiger partial charge in [0.1, 0.15) is 6.04 Å². The van der Waals surface area contributed by atoms with Crippen LogP contribution in [0.2, 0.25) is 0 Å². The molecule has 1 aliphatic carbocycles. The van der Waals surface area contributed by atoms with Gasteiger partial charge in [0.2, 0.25) is 5.91 Å². The number of rotatable bonds is 4. The first-order chi connectivity index (χ1) is 9.12. The third kappa shape index (κ3) is 4.50. The number of nitrogens with one attached hydrogen (secondary N) is 1. The molecule has 0 saturated heterocycles. The summed E-state index contributed by atoms with van der Waals surface area (Å²) < 4.78 is 0. The van der Waals surface area contributed by atoms with Gasteiger partial charge in [0.25, 0.3) is 0 Å². The van der Waals surface area contributed by atoms with Crippen molar-refractivity contribution in [2.24, 2.45) is 23.2 Å². The van der Waals surface area contributed by atoms with Gasteiger partial charge in [-0.15, -0.1) is 0 Å². The number of hydrogen-bond acceptors (Lipinski definition) is 2. The number of carbonyl (C=O) groups is 2. The molecule has 1 rings (SSSR count). The highest BCUT2D eigenvalue weighted by atomic mass is 16.4. The van der Waals surface area contributed by atoms with Gasteiger partial charge in [-0.2, -0.15) is 0 Å². The highest BCUT2D eigenvalue weighted by molar-refractivity contribution is 5.85. The molecule has 1 saturated carbocycles. The maximum absolute atomic E-state index is 12.2. The number of carboxylic acids is 1. The molecule has 116 valence electrons. The summed E-state index contributed by atoms with van der Waals surface area (Å²) in [6, 6.07) is -0.775. The third-order valence-corrected chi connectivity index (χ3v) is 4.55. The minimum atomic E-state index is -0.947. The molecule has 1 aliphatic rings. The minimum Gasteiger partial charge on any atom is -0.480 e. The van der Waals surface area contributed by atoms with Crippen LogP contribution in [-0.4, -0.2) is 23.0 Å². The Labute approximate surface area is 122 Å². The fraction of sp³-hybridized carbons (Fsp3) is 0.875. The number of carbonyl (C=O) groups excluding carboxylic acids is 1. The first kappa shape index (κ1) is 17.0. The summed E-state index contributed by atoms with van der Waals surface area (Å²) in [5.74, 6) is -0.487. The summed E-state index contributed by atoms with van der Waals surface area (Å²) >= 11 is 0. The smallest absolute Gasteiger partial charge is 0.326 e. The summed E-state index contributed by atoms with van der Waals surface area (Å²) in [7, 11) is 0. The zero-order valence-electron chi connectivity index (χ0n) is 13.4. The van der Waals surface area contributed by atoms with Gasteiger partial charge >= 0.3 is 5.97 Å². The summed E-state index contributed by atoms with van der Waals surface area (Å²) in [5, 5.41) is 11.8. The van der Waals surface area contributed by atoms with Crippen molar-refractivity contribution in [1.82, 2.24) is 5.32 Å². The SMILES string of the molecule is CC(C)[C@H](NC(=O)C1CCC(C(C)(C)C)CC1)C(=O)O. The van der Waals surface area contributed by atoms with Crippen LogP contribution in [0.3, 0.4) is 0 Å². The monoisotopic (exact) mass is 283 g/mol. The molecule has 20 heavy (non-hydrogen) atoms. The van der Waals surface area contributed by atoms with Crippen LogP contribution < -0.4 is 5.32 Å². The standard InChI is InChI=1S/C16H29NO3/c1-10(2)13(15(19)20)17-14(18)11-6-8-12(9-7-11)16(3,4)5/h10-13H,6-9H2,1-5H3,(H,17,18)(H,19,20)/t11?,12?,13-/m0/s1. The van der Waals surface area contributed by atoms with Gasteiger partial charge in [-0.25, -0.2) is 4.79 Å². The van der Waals surface area contributed by atoms with Crippen molar-refractivity contribution in [3.8, 4) is 0 Å². The van der Waals surface area contributed by atoms with E-state index < -0.39 is 12.0 Å². The molecular weight excluding hydrogens is 254 g/mol. The molecule has 4 heteroatoms. The Morgan fingerprint density at radius 2 is 1.60 bits per heavy atom. The Bertz CT molecular complexity index is 349. The third-order valence-electron chi connectivity index (χ3n) is 4.55. The van der Waals surface area contributed by atoms with E-state index in [1.807, 2.05) is 13.8 Å². The molecule has 0 unspecified atom stereocenters. The largest absolute Gasteiger partial charge is 0.480 e. The molecule has 0 spiro atoms. The fourth-order valence-corrected chi connectivity index (χ4v) is 3.01. The average molecular weight is 283 g/mol. The van der Waals surface area contributed by atoms with Gasteiger partial charge in [0, 0.05) is 5.92 Å². The fourth-order valence-electron chi connectivity index (χ4n) is 3.01. The van der Waals surface area contributed by atoms with Crippen molar-refractivity contribution in [2.45, 2.75) is 66.3 Å². The molecule has 0 heterocycles. The van der Waals surface area contributed by atoms with Gasteiger partial charge < -0.3 is 10.4 Å². The highest BCUT2D eigenvalue weighted by Crippen LogP contribution is 2.39. The Balaban J connectivity index is 2.53. The van der Waals surface area contributed by atoms with Gasteiger partial charge in [-0.1, -0.05) is 34.6 Å². The summed E-state index contributed by atoms with van der Waals surface area (Å²) in [5.41, 5.74) is 0.295. The van der Waals surface area contributed by atoms with Crippen molar-refractivity contribution in [3.63, 3.8) is 0 Å². The first-order valence-corrected chi connectivity index (χ1v) is 7.66. The van der Waals surface area contributed by atoms with Gasteiger partial charge in [0.05, 0.1) is 0 Å². The van der Waals surface area contributed by atoms with E-state index in [0.29, 0.717) is 11.3 Å². The van der Waals surface area contributed by atoms with E-state index >= 15 is 0 Å². The van der Waals surface area contributed by atoms with Gasteiger partial charge in [-0.05, 0) is 42.9 Å². The number of amides is 1. The molecule has 0 aromatic carbocycles. The van der Waals surface area contributed by atoms with Crippen molar-refractivity contribution >= 4 is 11.9 Å². The molecule has 1 atom stereocenters. The maximum atomic E-state index is 12.2. The Morgan fingerprint density at radius 3 is 1.95 bits per heavy atom. The molecule has 0 bridgehead atoms. The summed E-state index contributed by atoms with van der Waals surface area (Å²) in [6.45, 7) is 10.4. The van der Waals surface area contributed by atoms with Crippen LogP contribution in [-0.2, 0) is 9.59 Å². The lowest BCUT2D eigenvalue weighted by atomic mass is 9.69. The van der Waals surface area contributed by atoms with Crippen molar-refractivity contribution in [1.29, 1.82) is 0 Å². The van der Waals surface area contributed by atoms with Crippen molar-refractivity contribution in [2.75, 3.05) is 0 Å². The normalized spacial score (nSPS) is 25.3. The lowest BCUT2D eigenvalue weighted by Gasteiger charge is -2.36. The second-order valence-corrected chi connectivity index (χ2v) is 7.48. The Morgan fingerprint density at radius 1 is 1.10 bits per heavy atom. The Hall–Kier alpha value is -1.06. The molecule has 0 aliphatic heterocycles. The molecule has 0 radical (unpaired) electrons. The van der Waals surface area contributed by atoms with Gasteiger partial charge in [0.15, 0.2) is 0 Å². The molecule has 0 aromatic rings. The molecular formula is C16H29NO3. The summed E-state index contributed by atoms with van der Waals surface area (Å²) in [6.07, 6.45) is 3.86. The predicted octanol–water partition coefficient (Wildman–Crippen LogP) is 3.06. The molecule has 0 aromatic heterocycles. The number of aliphatic carboxylic acids is 1. The number of hydrogen-bond donors (Lipinski definition) is 2. The zero-order chi connectivity index (χ0) is 15.5. The number of carboxylic acid groups (broad SMARTS) is 1. The quantitative estimate of drug-likeness (QED) is 0.833. The topological polar surface area (TPSA) is 66.4 Å². The molecule has 1 amide bonds. The second kappa shape index (κ2) is 6.59. The van der Waals surface area contributed by atoms with E-state index in [-0.39, 0.29) is 17.7 Å². The average Bonchev–Trinajstić information content (AvgIpc) is 2.34. The predicted molar refractivity (Wildman–Crippen MR) is 79.3 cm³/mol. The van der Waals surface area contributed by atoms with E-state index in [1.165, 1.54) is 0 Å². The van der Waals surface area contributed by atoms with E-state index in [2.05, 4.69) is 26.1 Å². The Kier molecular flexibility index (Phi) is 5.60. The van der Waals surface area contributed by atoms with Crippen LogP contribution in [0.1, 0.15) is 60.3 Å².